The third-order valence-corrected chi connectivity index (χ3v) is 8.77. The summed E-state index contributed by atoms with van der Waals surface area (Å²) >= 11 is 1.69. The van der Waals surface area contributed by atoms with E-state index in [1.54, 1.807) is 27.8 Å². The number of benzene rings is 1. The maximum Gasteiger partial charge on any atom is 0.251 e. The third-order valence-electron chi connectivity index (χ3n) is 5.88. The van der Waals surface area contributed by atoms with E-state index in [-0.39, 0.29) is 16.8 Å². The highest BCUT2D eigenvalue weighted by molar-refractivity contribution is 7.89. The van der Waals surface area contributed by atoms with Crippen molar-refractivity contribution in [2.75, 3.05) is 45.9 Å². The van der Waals surface area contributed by atoms with Gasteiger partial charge in [-0.05, 0) is 48.6 Å². The zero-order valence-corrected chi connectivity index (χ0v) is 19.2. The van der Waals surface area contributed by atoms with Crippen LogP contribution in [0.25, 0.3) is 0 Å². The average molecular weight is 464 g/mol. The van der Waals surface area contributed by atoms with E-state index in [1.165, 1.54) is 17.0 Å². The van der Waals surface area contributed by atoms with E-state index < -0.39 is 10.0 Å². The Kier molecular flexibility index (Phi) is 7.39. The second kappa shape index (κ2) is 10.2. The molecule has 2 aliphatic heterocycles. The van der Waals surface area contributed by atoms with Gasteiger partial charge < -0.3 is 10.1 Å². The van der Waals surface area contributed by atoms with Crippen LogP contribution in [0.2, 0.25) is 0 Å². The molecule has 2 aromatic rings. The van der Waals surface area contributed by atoms with Gasteiger partial charge in [0.25, 0.3) is 5.91 Å². The molecule has 7 nitrogen and oxygen atoms in total. The molecule has 2 aliphatic rings. The van der Waals surface area contributed by atoms with Crippen LogP contribution in [-0.4, -0.2) is 69.5 Å². The SMILES string of the molecule is O=C(NC[C@H](c1cccs1)N1CCOCC1)c1ccc(S(=O)(=O)N2CCCCC2)cc1. The summed E-state index contributed by atoms with van der Waals surface area (Å²) in [6.45, 7) is 4.69. The van der Waals surface area contributed by atoms with Crippen molar-refractivity contribution in [3.63, 3.8) is 0 Å². The highest BCUT2D eigenvalue weighted by Gasteiger charge is 2.27. The molecule has 0 aliphatic carbocycles. The number of hydrogen-bond acceptors (Lipinski definition) is 6. The molecule has 0 spiro atoms. The fourth-order valence-corrected chi connectivity index (χ4v) is 6.48. The van der Waals surface area contributed by atoms with E-state index in [4.69, 9.17) is 4.74 Å². The molecule has 31 heavy (non-hydrogen) atoms. The van der Waals surface area contributed by atoms with E-state index >= 15 is 0 Å². The Bertz CT molecular complexity index is 949. The van der Waals surface area contributed by atoms with Crippen molar-refractivity contribution in [2.45, 2.75) is 30.2 Å². The Hall–Kier alpha value is -1.78. The van der Waals surface area contributed by atoms with Crippen LogP contribution in [0.15, 0.2) is 46.7 Å². The molecule has 4 rings (SSSR count). The standard InChI is InChI=1S/C22H29N3O4S2/c26-22(23-17-20(21-5-4-16-30-21)24-12-14-29-15-13-24)18-6-8-19(9-7-18)31(27,28)25-10-2-1-3-11-25/h4-9,16,20H,1-3,10-15,17H2,(H,23,26)/t20-/m1/s1. The topological polar surface area (TPSA) is 79.0 Å². The fourth-order valence-electron chi connectivity index (χ4n) is 4.10. The number of thiophene rings is 1. The number of sulfonamides is 1. The average Bonchev–Trinajstić information content (AvgIpc) is 3.35. The molecular weight excluding hydrogens is 434 g/mol. The van der Waals surface area contributed by atoms with E-state index in [0.29, 0.717) is 38.4 Å². The summed E-state index contributed by atoms with van der Waals surface area (Å²) in [5.74, 6) is -0.197. The van der Waals surface area contributed by atoms with Gasteiger partial charge in [0, 0.05) is 43.2 Å². The van der Waals surface area contributed by atoms with Crippen LogP contribution in [0.4, 0.5) is 0 Å². The molecule has 1 N–H and O–H groups in total. The molecular formula is C22H29N3O4S2. The second-order valence-electron chi connectivity index (χ2n) is 7.88. The van der Waals surface area contributed by atoms with Gasteiger partial charge in [-0.1, -0.05) is 12.5 Å². The van der Waals surface area contributed by atoms with Gasteiger partial charge in [-0.15, -0.1) is 11.3 Å². The smallest absolute Gasteiger partial charge is 0.251 e. The van der Waals surface area contributed by atoms with E-state index in [1.807, 2.05) is 11.4 Å². The summed E-state index contributed by atoms with van der Waals surface area (Å²) in [7, 11) is -3.49. The van der Waals surface area contributed by atoms with Crippen LogP contribution in [0, 0.1) is 0 Å². The Morgan fingerprint density at radius 1 is 1.03 bits per heavy atom. The van der Waals surface area contributed by atoms with Crippen LogP contribution in [0.5, 0.6) is 0 Å². The third kappa shape index (κ3) is 5.35. The highest BCUT2D eigenvalue weighted by Crippen LogP contribution is 2.26. The number of carbonyl (C=O) groups excluding carboxylic acids is 1. The summed E-state index contributed by atoms with van der Waals surface area (Å²) in [4.78, 5) is 16.5. The maximum atomic E-state index is 12.8. The molecule has 0 saturated carbocycles. The first kappa shape index (κ1) is 22.4. The van der Waals surface area contributed by atoms with Gasteiger partial charge in [-0.2, -0.15) is 4.31 Å². The molecule has 1 aromatic carbocycles. The second-order valence-corrected chi connectivity index (χ2v) is 10.8. The number of rotatable bonds is 7. The molecule has 1 aromatic heterocycles. The highest BCUT2D eigenvalue weighted by atomic mass is 32.2. The van der Waals surface area contributed by atoms with Crippen molar-refractivity contribution in [1.82, 2.24) is 14.5 Å². The Morgan fingerprint density at radius 3 is 2.39 bits per heavy atom. The summed E-state index contributed by atoms with van der Waals surface area (Å²) in [6, 6.07) is 10.5. The lowest BCUT2D eigenvalue weighted by atomic mass is 10.1. The zero-order chi connectivity index (χ0) is 21.7. The number of nitrogens with one attached hydrogen (secondary N) is 1. The van der Waals surface area contributed by atoms with E-state index in [2.05, 4.69) is 16.3 Å². The van der Waals surface area contributed by atoms with Crippen molar-refractivity contribution in [1.29, 1.82) is 0 Å². The minimum absolute atomic E-state index is 0.103. The number of ether oxygens (including phenoxy) is 1. The number of piperidine rings is 1. The summed E-state index contributed by atoms with van der Waals surface area (Å²) in [6.07, 6.45) is 2.87. The number of hydrogen-bond donors (Lipinski definition) is 1. The Morgan fingerprint density at radius 2 is 1.74 bits per heavy atom. The molecule has 1 amide bonds. The van der Waals surface area contributed by atoms with Gasteiger partial charge >= 0.3 is 0 Å². The first-order valence-electron chi connectivity index (χ1n) is 10.8. The first-order chi connectivity index (χ1) is 15.1. The van der Waals surface area contributed by atoms with Crippen molar-refractivity contribution in [3.8, 4) is 0 Å². The van der Waals surface area contributed by atoms with Gasteiger partial charge in [0.2, 0.25) is 10.0 Å². The van der Waals surface area contributed by atoms with Gasteiger partial charge in [0.05, 0.1) is 24.2 Å². The van der Waals surface area contributed by atoms with E-state index in [9.17, 15) is 13.2 Å². The molecule has 168 valence electrons. The van der Waals surface area contributed by atoms with Crippen molar-refractivity contribution in [2.24, 2.45) is 0 Å². The quantitative estimate of drug-likeness (QED) is 0.683. The minimum atomic E-state index is -3.49. The van der Waals surface area contributed by atoms with Crippen molar-refractivity contribution in [3.05, 3.63) is 52.2 Å². The monoisotopic (exact) mass is 463 g/mol. The predicted octanol–water partition coefficient (Wildman–Crippen LogP) is 2.73. The molecule has 0 radical (unpaired) electrons. The van der Waals surface area contributed by atoms with Gasteiger partial charge in [0.1, 0.15) is 0 Å². The lowest BCUT2D eigenvalue weighted by Gasteiger charge is -2.34. The fraction of sp³-hybridized carbons (Fsp3) is 0.500. The molecule has 1 atom stereocenters. The lowest BCUT2D eigenvalue weighted by Crippen LogP contribution is -2.43. The molecule has 0 unspecified atom stereocenters. The first-order valence-corrected chi connectivity index (χ1v) is 13.1. The number of morpholine rings is 1. The van der Waals surface area contributed by atoms with Crippen LogP contribution >= 0.6 is 11.3 Å². The van der Waals surface area contributed by atoms with Gasteiger partial charge in [-0.25, -0.2) is 8.42 Å². The molecule has 0 bridgehead atoms. The Balaban J connectivity index is 1.41. The zero-order valence-electron chi connectivity index (χ0n) is 17.5. The van der Waals surface area contributed by atoms with Crippen LogP contribution in [0.1, 0.15) is 40.5 Å². The van der Waals surface area contributed by atoms with E-state index in [0.717, 1.165) is 32.4 Å². The number of nitrogens with zero attached hydrogens (tertiary/aromatic N) is 2. The number of carbonyl (C=O) groups is 1. The summed E-state index contributed by atoms with van der Waals surface area (Å²) in [5, 5.41) is 5.08. The minimum Gasteiger partial charge on any atom is -0.379 e. The predicted molar refractivity (Wildman–Crippen MR) is 121 cm³/mol. The van der Waals surface area contributed by atoms with Crippen molar-refractivity contribution < 1.29 is 17.9 Å². The normalized spacial score (nSPS) is 19.7. The maximum absolute atomic E-state index is 12.8. The van der Waals surface area contributed by atoms with Gasteiger partial charge in [0.15, 0.2) is 0 Å². The van der Waals surface area contributed by atoms with Gasteiger partial charge in [-0.3, -0.25) is 9.69 Å². The molecule has 2 saturated heterocycles. The lowest BCUT2D eigenvalue weighted by molar-refractivity contribution is 0.0169. The van der Waals surface area contributed by atoms with Crippen LogP contribution in [-0.2, 0) is 14.8 Å². The van der Waals surface area contributed by atoms with Crippen LogP contribution < -0.4 is 5.32 Å². The van der Waals surface area contributed by atoms with Crippen LogP contribution in [0.3, 0.4) is 0 Å². The summed E-state index contributed by atoms with van der Waals surface area (Å²) < 4.78 is 32.6. The number of amides is 1. The Labute approximate surface area is 188 Å². The molecule has 3 heterocycles. The largest absolute Gasteiger partial charge is 0.379 e. The summed E-state index contributed by atoms with van der Waals surface area (Å²) in [5.41, 5.74) is 0.463. The van der Waals surface area contributed by atoms with Crippen molar-refractivity contribution >= 4 is 27.3 Å². The molecule has 2 fully saturated rings. The molecule has 9 heteroatoms.